The molecule has 3 fully saturated rings. The van der Waals surface area contributed by atoms with E-state index in [2.05, 4.69) is 27.3 Å². The van der Waals surface area contributed by atoms with E-state index in [1.165, 1.54) is 38.2 Å². The molecule has 0 aliphatic carbocycles. The monoisotopic (exact) mass is 231 g/mol. The lowest BCUT2D eigenvalue weighted by Gasteiger charge is -2.45. The van der Waals surface area contributed by atoms with E-state index in [-0.39, 0.29) is 0 Å². The second-order valence-electron chi connectivity index (χ2n) is 5.27. The highest BCUT2D eigenvalue weighted by atomic mass is 15.2. The van der Waals surface area contributed by atoms with Gasteiger partial charge in [-0.15, -0.1) is 0 Å². The Labute approximate surface area is 103 Å². The van der Waals surface area contributed by atoms with Crippen molar-refractivity contribution in [3.8, 4) is 0 Å². The van der Waals surface area contributed by atoms with Crippen LogP contribution >= 0.6 is 0 Å². The van der Waals surface area contributed by atoms with Gasteiger partial charge in [0.05, 0.1) is 0 Å². The minimum atomic E-state index is 0.723. The highest BCUT2D eigenvalue weighted by Gasteiger charge is 2.33. The van der Waals surface area contributed by atoms with E-state index in [0.717, 1.165) is 24.9 Å². The molecule has 3 aliphatic heterocycles. The largest absolute Gasteiger partial charge is 0.312 e. The van der Waals surface area contributed by atoms with Crippen LogP contribution < -0.4 is 5.32 Å². The Morgan fingerprint density at radius 2 is 2.18 bits per heavy atom. The summed E-state index contributed by atoms with van der Waals surface area (Å²) in [6.45, 7) is 4.96. The van der Waals surface area contributed by atoms with E-state index in [1.54, 1.807) is 0 Å². The maximum absolute atomic E-state index is 4.36. The molecule has 4 rings (SSSR count). The Bertz CT molecular complexity index is 344. The predicted octanol–water partition coefficient (Wildman–Crippen LogP) is 1.31. The van der Waals surface area contributed by atoms with Crippen molar-refractivity contribution < 1.29 is 0 Å². The van der Waals surface area contributed by atoms with Gasteiger partial charge in [0.15, 0.2) is 0 Å². The number of piperidine rings is 3. The van der Waals surface area contributed by atoms with Crippen LogP contribution in [0, 0.1) is 5.92 Å². The molecule has 92 valence electrons. The molecule has 2 bridgehead atoms. The van der Waals surface area contributed by atoms with Crippen LogP contribution in [-0.2, 0) is 6.42 Å². The molecule has 0 radical (unpaired) electrons. The molecule has 0 amide bonds. The number of hydrogen-bond acceptors (Lipinski definition) is 3. The predicted molar refractivity (Wildman–Crippen MR) is 68.9 cm³/mol. The molecular weight excluding hydrogens is 210 g/mol. The first kappa shape index (κ1) is 11.2. The van der Waals surface area contributed by atoms with Crippen LogP contribution in [0.3, 0.4) is 0 Å². The summed E-state index contributed by atoms with van der Waals surface area (Å²) in [6.07, 6.45) is 5.70. The first-order valence-electron chi connectivity index (χ1n) is 6.77. The lowest BCUT2D eigenvalue weighted by molar-refractivity contribution is 0.0731. The summed E-state index contributed by atoms with van der Waals surface area (Å²) < 4.78 is 0. The van der Waals surface area contributed by atoms with Gasteiger partial charge in [-0.2, -0.15) is 0 Å². The van der Waals surface area contributed by atoms with Crippen molar-refractivity contribution in [1.29, 1.82) is 0 Å². The number of hydrogen-bond donors (Lipinski definition) is 1. The zero-order valence-electron chi connectivity index (χ0n) is 10.3. The second kappa shape index (κ2) is 5.15. The zero-order chi connectivity index (χ0) is 11.5. The first-order chi connectivity index (χ1) is 8.42. The fourth-order valence-electron chi connectivity index (χ4n) is 3.13. The van der Waals surface area contributed by atoms with Crippen LogP contribution in [0.2, 0.25) is 0 Å². The molecule has 1 unspecified atom stereocenters. The maximum Gasteiger partial charge on any atom is 0.0416 e. The molecule has 3 nitrogen and oxygen atoms in total. The van der Waals surface area contributed by atoms with Gasteiger partial charge in [-0.3, -0.25) is 4.98 Å². The molecule has 17 heavy (non-hydrogen) atoms. The molecular formula is C14H21N3. The van der Waals surface area contributed by atoms with Crippen molar-refractivity contribution in [2.45, 2.75) is 25.3 Å². The average Bonchev–Trinajstić information content (AvgIpc) is 2.41. The van der Waals surface area contributed by atoms with Crippen LogP contribution in [0.4, 0.5) is 0 Å². The van der Waals surface area contributed by atoms with Crippen molar-refractivity contribution >= 4 is 0 Å². The minimum absolute atomic E-state index is 0.723. The van der Waals surface area contributed by atoms with Crippen molar-refractivity contribution in [3.63, 3.8) is 0 Å². The molecule has 0 aromatic carbocycles. The van der Waals surface area contributed by atoms with Gasteiger partial charge in [0.2, 0.25) is 0 Å². The molecule has 1 aromatic rings. The van der Waals surface area contributed by atoms with E-state index in [1.807, 2.05) is 12.3 Å². The number of pyridine rings is 1. The number of nitrogens with zero attached hydrogens (tertiary/aromatic N) is 2. The molecule has 3 aliphatic rings. The minimum Gasteiger partial charge on any atom is -0.312 e. The highest BCUT2D eigenvalue weighted by molar-refractivity contribution is 5.04. The highest BCUT2D eigenvalue weighted by Crippen LogP contribution is 2.27. The van der Waals surface area contributed by atoms with Crippen LogP contribution in [-0.4, -0.2) is 42.1 Å². The summed E-state index contributed by atoms with van der Waals surface area (Å²) >= 11 is 0. The summed E-state index contributed by atoms with van der Waals surface area (Å²) in [5, 5.41) is 3.72. The van der Waals surface area contributed by atoms with Crippen molar-refractivity contribution in [2.24, 2.45) is 5.92 Å². The Kier molecular flexibility index (Phi) is 3.39. The molecule has 1 N–H and O–H groups in total. The zero-order valence-corrected chi connectivity index (χ0v) is 10.3. The average molecular weight is 231 g/mol. The third kappa shape index (κ3) is 2.67. The smallest absolute Gasteiger partial charge is 0.0416 e. The molecule has 4 heterocycles. The Balaban J connectivity index is 1.46. The Hall–Kier alpha value is -0.930. The van der Waals surface area contributed by atoms with Crippen LogP contribution in [0.5, 0.6) is 0 Å². The van der Waals surface area contributed by atoms with Crippen molar-refractivity contribution in [1.82, 2.24) is 15.2 Å². The molecule has 0 saturated carbocycles. The van der Waals surface area contributed by atoms with Crippen LogP contribution in [0.1, 0.15) is 18.5 Å². The van der Waals surface area contributed by atoms with Gasteiger partial charge >= 0.3 is 0 Å². The summed E-state index contributed by atoms with van der Waals surface area (Å²) in [6, 6.07) is 6.88. The van der Waals surface area contributed by atoms with Gasteiger partial charge in [0.1, 0.15) is 0 Å². The second-order valence-corrected chi connectivity index (χ2v) is 5.27. The van der Waals surface area contributed by atoms with Crippen LogP contribution in [0.25, 0.3) is 0 Å². The van der Waals surface area contributed by atoms with Gasteiger partial charge in [-0.25, -0.2) is 0 Å². The van der Waals surface area contributed by atoms with E-state index in [4.69, 9.17) is 0 Å². The van der Waals surface area contributed by atoms with Gasteiger partial charge in [-0.1, -0.05) is 6.07 Å². The Morgan fingerprint density at radius 3 is 2.82 bits per heavy atom. The summed E-state index contributed by atoms with van der Waals surface area (Å²) in [7, 11) is 0. The normalized spacial score (nSPS) is 31.6. The number of rotatable bonds is 4. The van der Waals surface area contributed by atoms with Gasteiger partial charge in [0.25, 0.3) is 0 Å². The molecule has 1 aromatic heterocycles. The molecule has 1 atom stereocenters. The summed E-state index contributed by atoms with van der Waals surface area (Å²) in [5.41, 5.74) is 1.20. The SMILES string of the molecule is c1ccc(CCNC2CN3CCC2CC3)nc1. The summed E-state index contributed by atoms with van der Waals surface area (Å²) in [4.78, 5) is 6.95. The topological polar surface area (TPSA) is 28.2 Å². The van der Waals surface area contributed by atoms with Crippen LogP contribution in [0.15, 0.2) is 24.4 Å². The maximum atomic E-state index is 4.36. The number of aromatic nitrogens is 1. The standard InChI is InChI=1S/C14H21N3/c1-2-7-15-13(3-1)4-8-16-14-11-17-9-5-12(14)6-10-17/h1-3,7,12,14,16H,4-6,8-11H2. The fraction of sp³-hybridized carbons (Fsp3) is 0.643. The molecule has 0 spiro atoms. The lowest BCUT2D eigenvalue weighted by Crippen LogP contribution is -2.56. The van der Waals surface area contributed by atoms with Crippen molar-refractivity contribution in [3.05, 3.63) is 30.1 Å². The first-order valence-corrected chi connectivity index (χ1v) is 6.77. The van der Waals surface area contributed by atoms with E-state index in [9.17, 15) is 0 Å². The third-order valence-corrected chi connectivity index (χ3v) is 4.17. The molecule has 3 saturated heterocycles. The third-order valence-electron chi connectivity index (χ3n) is 4.17. The number of nitrogens with one attached hydrogen (secondary N) is 1. The Morgan fingerprint density at radius 1 is 1.29 bits per heavy atom. The van der Waals surface area contributed by atoms with Crippen molar-refractivity contribution in [2.75, 3.05) is 26.2 Å². The fourth-order valence-corrected chi connectivity index (χ4v) is 3.13. The van der Waals surface area contributed by atoms with Gasteiger partial charge in [0, 0.05) is 37.4 Å². The van der Waals surface area contributed by atoms with Gasteiger partial charge < -0.3 is 10.2 Å². The lowest BCUT2D eigenvalue weighted by atomic mass is 9.84. The number of fused-ring (bicyclic) bond motifs is 3. The van der Waals surface area contributed by atoms with E-state index < -0.39 is 0 Å². The van der Waals surface area contributed by atoms with E-state index in [0.29, 0.717) is 0 Å². The summed E-state index contributed by atoms with van der Waals surface area (Å²) in [5.74, 6) is 0.920. The molecule has 3 heteroatoms. The van der Waals surface area contributed by atoms with Gasteiger partial charge in [-0.05, 0) is 44.0 Å². The quantitative estimate of drug-likeness (QED) is 0.847. The van der Waals surface area contributed by atoms with E-state index >= 15 is 0 Å².